The van der Waals surface area contributed by atoms with E-state index in [-0.39, 0.29) is 5.97 Å². The SMILES string of the molecule is CC(C)c1ccc(-c2nc(COC(=O)C[C@@H]3C[C@H]4CC[C@@H]3C4)cs2)cc1. The average molecular weight is 370 g/mol. The van der Waals surface area contributed by atoms with Gasteiger partial charge in [-0.15, -0.1) is 11.3 Å². The third-order valence-corrected chi connectivity index (χ3v) is 7.01. The van der Waals surface area contributed by atoms with Crippen LogP contribution in [0, 0.1) is 17.8 Å². The molecule has 26 heavy (non-hydrogen) atoms. The highest BCUT2D eigenvalue weighted by Gasteiger charge is 2.40. The van der Waals surface area contributed by atoms with Gasteiger partial charge in [0.1, 0.15) is 11.6 Å². The lowest BCUT2D eigenvalue weighted by Gasteiger charge is -2.20. The summed E-state index contributed by atoms with van der Waals surface area (Å²) < 4.78 is 5.50. The van der Waals surface area contributed by atoms with E-state index >= 15 is 0 Å². The van der Waals surface area contributed by atoms with Gasteiger partial charge in [0.2, 0.25) is 0 Å². The van der Waals surface area contributed by atoms with Crippen LogP contribution in [-0.4, -0.2) is 11.0 Å². The second kappa shape index (κ2) is 7.51. The summed E-state index contributed by atoms with van der Waals surface area (Å²) in [5, 5.41) is 2.98. The van der Waals surface area contributed by atoms with Crippen molar-refractivity contribution >= 4 is 17.3 Å². The van der Waals surface area contributed by atoms with E-state index in [4.69, 9.17) is 4.74 Å². The van der Waals surface area contributed by atoms with Gasteiger partial charge in [0.25, 0.3) is 0 Å². The van der Waals surface area contributed by atoms with Crippen molar-refractivity contribution in [2.45, 2.75) is 58.5 Å². The number of thiazole rings is 1. The Hall–Kier alpha value is -1.68. The molecule has 0 N–H and O–H groups in total. The molecule has 0 radical (unpaired) electrons. The third kappa shape index (κ3) is 3.85. The van der Waals surface area contributed by atoms with E-state index in [0.29, 0.717) is 24.9 Å². The molecule has 3 nitrogen and oxygen atoms in total. The van der Waals surface area contributed by atoms with Crippen LogP contribution >= 0.6 is 11.3 Å². The number of carbonyl (C=O) groups is 1. The fourth-order valence-corrected chi connectivity index (χ4v) is 5.38. The van der Waals surface area contributed by atoms with Crippen molar-refractivity contribution < 1.29 is 9.53 Å². The van der Waals surface area contributed by atoms with Crippen molar-refractivity contribution in [2.24, 2.45) is 17.8 Å². The molecule has 3 atom stereocenters. The first-order valence-corrected chi connectivity index (χ1v) is 10.7. The zero-order chi connectivity index (χ0) is 18.1. The summed E-state index contributed by atoms with van der Waals surface area (Å²) >= 11 is 1.61. The van der Waals surface area contributed by atoms with Crippen LogP contribution in [0.2, 0.25) is 0 Å². The Labute approximate surface area is 159 Å². The molecule has 2 aliphatic rings. The molecule has 0 amide bonds. The number of ether oxygens (including phenoxy) is 1. The molecule has 0 saturated heterocycles. The van der Waals surface area contributed by atoms with Gasteiger partial charge in [-0.05, 0) is 48.5 Å². The lowest BCUT2D eigenvalue weighted by Crippen LogP contribution is -2.17. The summed E-state index contributed by atoms with van der Waals surface area (Å²) in [4.78, 5) is 16.8. The maximum Gasteiger partial charge on any atom is 0.306 e. The fraction of sp³-hybridized carbons (Fsp3) is 0.545. The zero-order valence-corrected chi connectivity index (χ0v) is 16.4. The number of aromatic nitrogens is 1. The molecule has 2 bridgehead atoms. The Morgan fingerprint density at radius 1 is 1.23 bits per heavy atom. The van der Waals surface area contributed by atoms with E-state index in [9.17, 15) is 4.79 Å². The van der Waals surface area contributed by atoms with Gasteiger partial charge in [0.15, 0.2) is 0 Å². The molecule has 0 unspecified atom stereocenters. The van der Waals surface area contributed by atoms with Gasteiger partial charge in [-0.2, -0.15) is 0 Å². The van der Waals surface area contributed by atoms with E-state index in [1.165, 1.54) is 31.2 Å². The van der Waals surface area contributed by atoms with E-state index in [0.717, 1.165) is 28.1 Å². The minimum atomic E-state index is -0.0570. The largest absolute Gasteiger partial charge is 0.459 e. The summed E-state index contributed by atoms with van der Waals surface area (Å²) in [7, 11) is 0. The Morgan fingerprint density at radius 3 is 2.69 bits per heavy atom. The standard InChI is InChI=1S/C22H27NO2S/c1-14(2)16-5-7-17(8-6-16)22-23-20(13-26-22)12-25-21(24)11-19-10-15-3-4-18(19)9-15/h5-8,13-15,18-19H,3-4,9-12H2,1-2H3/t15-,18+,19-/m0/s1. The second-order valence-electron chi connectivity index (χ2n) is 8.22. The Balaban J connectivity index is 1.30. The van der Waals surface area contributed by atoms with Crippen LogP contribution in [0.25, 0.3) is 10.6 Å². The Kier molecular flexibility index (Phi) is 5.12. The first-order valence-electron chi connectivity index (χ1n) is 9.79. The van der Waals surface area contributed by atoms with Gasteiger partial charge < -0.3 is 4.74 Å². The molecule has 1 aromatic heterocycles. The molecule has 0 spiro atoms. The molecular formula is C22H27NO2S. The molecule has 138 valence electrons. The van der Waals surface area contributed by atoms with Gasteiger partial charge in [0.05, 0.1) is 5.69 Å². The predicted octanol–water partition coefficient (Wildman–Crippen LogP) is 5.80. The van der Waals surface area contributed by atoms with Crippen LogP contribution in [0.3, 0.4) is 0 Å². The van der Waals surface area contributed by atoms with E-state index in [1.807, 2.05) is 5.38 Å². The molecule has 2 fully saturated rings. The second-order valence-corrected chi connectivity index (χ2v) is 9.08. The minimum Gasteiger partial charge on any atom is -0.459 e. The number of benzene rings is 1. The van der Waals surface area contributed by atoms with Crippen LogP contribution in [0.15, 0.2) is 29.6 Å². The molecule has 0 aliphatic heterocycles. The molecule has 2 aliphatic carbocycles. The van der Waals surface area contributed by atoms with Crippen LogP contribution in [-0.2, 0) is 16.1 Å². The minimum absolute atomic E-state index is 0.0570. The number of hydrogen-bond acceptors (Lipinski definition) is 4. The summed E-state index contributed by atoms with van der Waals surface area (Å²) in [6, 6.07) is 8.57. The average Bonchev–Trinajstić information content (AvgIpc) is 3.37. The lowest BCUT2D eigenvalue weighted by molar-refractivity contribution is -0.146. The topological polar surface area (TPSA) is 39.2 Å². The zero-order valence-electron chi connectivity index (χ0n) is 15.6. The maximum absolute atomic E-state index is 12.2. The smallest absolute Gasteiger partial charge is 0.306 e. The van der Waals surface area contributed by atoms with Crippen LogP contribution in [0.4, 0.5) is 0 Å². The summed E-state index contributed by atoms with van der Waals surface area (Å²) in [6.45, 7) is 4.68. The number of fused-ring (bicyclic) bond motifs is 2. The number of carbonyl (C=O) groups excluding carboxylic acids is 1. The predicted molar refractivity (Wildman–Crippen MR) is 105 cm³/mol. The highest BCUT2D eigenvalue weighted by atomic mass is 32.1. The van der Waals surface area contributed by atoms with Gasteiger partial charge >= 0.3 is 5.97 Å². The Morgan fingerprint density at radius 2 is 2.04 bits per heavy atom. The van der Waals surface area contributed by atoms with Crippen molar-refractivity contribution in [3.8, 4) is 10.6 Å². The number of nitrogens with zero attached hydrogens (tertiary/aromatic N) is 1. The maximum atomic E-state index is 12.2. The molecule has 1 heterocycles. The molecule has 2 saturated carbocycles. The molecule has 2 aromatic rings. The molecular weight excluding hydrogens is 342 g/mol. The van der Waals surface area contributed by atoms with Crippen molar-refractivity contribution in [2.75, 3.05) is 0 Å². The summed E-state index contributed by atoms with van der Waals surface area (Å²) in [6.07, 6.45) is 5.84. The van der Waals surface area contributed by atoms with Crippen molar-refractivity contribution in [3.05, 3.63) is 40.9 Å². The van der Waals surface area contributed by atoms with Crippen molar-refractivity contribution in [1.29, 1.82) is 0 Å². The van der Waals surface area contributed by atoms with Gasteiger partial charge in [-0.3, -0.25) is 4.79 Å². The lowest BCUT2D eigenvalue weighted by atomic mass is 9.86. The van der Waals surface area contributed by atoms with E-state index < -0.39 is 0 Å². The van der Waals surface area contributed by atoms with E-state index in [1.54, 1.807) is 11.3 Å². The third-order valence-electron chi connectivity index (χ3n) is 6.07. The van der Waals surface area contributed by atoms with Crippen LogP contribution in [0.1, 0.15) is 63.1 Å². The van der Waals surface area contributed by atoms with Gasteiger partial charge in [-0.1, -0.05) is 44.5 Å². The first kappa shape index (κ1) is 17.7. The monoisotopic (exact) mass is 369 g/mol. The number of hydrogen-bond donors (Lipinski definition) is 0. The highest BCUT2D eigenvalue weighted by Crippen LogP contribution is 2.49. The van der Waals surface area contributed by atoms with Gasteiger partial charge in [0, 0.05) is 17.4 Å². The van der Waals surface area contributed by atoms with E-state index in [2.05, 4.69) is 43.1 Å². The molecule has 4 heteroatoms. The fourth-order valence-electron chi connectivity index (χ4n) is 4.57. The van der Waals surface area contributed by atoms with Gasteiger partial charge in [-0.25, -0.2) is 4.98 Å². The van der Waals surface area contributed by atoms with Crippen molar-refractivity contribution in [1.82, 2.24) is 4.98 Å². The normalized spacial score (nSPS) is 24.3. The number of esters is 1. The number of rotatable bonds is 6. The van der Waals surface area contributed by atoms with Crippen molar-refractivity contribution in [3.63, 3.8) is 0 Å². The van der Waals surface area contributed by atoms with Crippen LogP contribution < -0.4 is 0 Å². The quantitative estimate of drug-likeness (QED) is 0.604. The Bertz CT molecular complexity index is 765. The summed E-state index contributed by atoms with van der Waals surface area (Å²) in [5.41, 5.74) is 3.30. The highest BCUT2D eigenvalue weighted by molar-refractivity contribution is 7.13. The molecule has 4 rings (SSSR count). The van der Waals surface area contributed by atoms with Crippen LogP contribution in [0.5, 0.6) is 0 Å². The first-order chi connectivity index (χ1) is 12.6. The summed E-state index contributed by atoms with van der Waals surface area (Å²) in [5.74, 6) is 2.68. The molecule has 1 aromatic carbocycles.